The van der Waals surface area contributed by atoms with Crippen LogP contribution >= 0.6 is 0 Å². The summed E-state index contributed by atoms with van der Waals surface area (Å²) in [5, 5.41) is 22.9. The largest absolute Gasteiger partial charge is 0.391 e. The first-order valence-electron chi connectivity index (χ1n) is 9.30. The van der Waals surface area contributed by atoms with Gasteiger partial charge in [0.1, 0.15) is 11.0 Å². The lowest BCUT2D eigenvalue weighted by Gasteiger charge is -2.28. The predicted molar refractivity (Wildman–Crippen MR) is 105 cm³/mol. The molecule has 0 radical (unpaired) electrons. The highest BCUT2D eigenvalue weighted by molar-refractivity contribution is 5.94. The minimum absolute atomic E-state index is 0.0321. The second-order valence-corrected chi connectivity index (χ2v) is 6.52. The maximum atomic E-state index is 10.2. The second-order valence-electron chi connectivity index (χ2n) is 6.52. The average molecular weight is 360 g/mol. The third-order valence-corrected chi connectivity index (χ3v) is 4.59. The molecule has 0 unspecified atom stereocenters. The van der Waals surface area contributed by atoms with Crippen LogP contribution in [-0.2, 0) is 0 Å². The molecule has 1 aliphatic carbocycles. The zero-order valence-corrected chi connectivity index (χ0v) is 15.6. The fourth-order valence-electron chi connectivity index (χ4n) is 3.19. The standard InChI is InChI=1S/C17H28N8O/c1-4-9-20-16-22-12-13(14(18-2)24-16)23-17(25-15(12)19-3)21-10-7-5-6-8-11(10)26/h10-11,26H,4-9H2,1-3H3,(H2,18,20,22,24)(H2,19,21,23,25)/t10-,11+/m0/s1. The molecular formula is C17H28N8O. The lowest BCUT2D eigenvalue weighted by molar-refractivity contribution is 0.116. The molecule has 0 amide bonds. The number of hydrogen-bond acceptors (Lipinski definition) is 9. The van der Waals surface area contributed by atoms with E-state index in [1.165, 1.54) is 0 Å². The molecule has 9 heteroatoms. The fourth-order valence-corrected chi connectivity index (χ4v) is 3.19. The van der Waals surface area contributed by atoms with E-state index in [0.29, 0.717) is 34.6 Å². The van der Waals surface area contributed by atoms with Gasteiger partial charge >= 0.3 is 0 Å². The molecule has 1 aliphatic rings. The van der Waals surface area contributed by atoms with Crippen LogP contribution in [0.25, 0.3) is 11.0 Å². The number of fused-ring (bicyclic) bond motifs is 1. The molecular weight excluding hydrogens is 332 g/mol. The summed E-state index contributed by atoms with van der Waals surface area (Å²) in [5.74, 6) is 2.29. The molecule has 2 atom stereocenters. The molecule has 26 heavy (non-hydrogen) atoms. The Morgan fingerprint density at radius 2 is 1.54 bits per heavy atom. The quantitative estimate of drug-likeness (QED) is 0.505. The maximum absolute atomic E-state index is 10.2. The Balaban J connectivity index is 1.99. The fraction of sp³-hybridized carbons (Fsp3) is 0.647. The summed E-state index contributed by atoms with van der Waals surface area (Å²) in [6.07, 6.45) is 4.48. The Kier molecular flexibility index (Phi) is 5.87. The van der Waals surface area contributed by atoms with Crippen LogP contribution in [0.5, 0.6) is 0 Å². The first-order valence-corrected chi connectivity index (χ1v) is 9.30. The number of hydrogen-bond donors (Lipinski definition) is 5. The van der Waals surface area contributed by atoms with Crippen molar-refractivity contribution in [3.63, 3.8) is 0 Å². The molecule has 1 fully saturated rings. The van der Waals surface area contributed by atoms with Gasteiger partial charge in [0.05, 0.1) is 12.1 Å². The van der Waals surface area contributed by atoms with E-state index in [1.807, 2.05) is 7.05 Å². The van der Waals surface area contributed by atoms with Crippen molar-refractivity contribution in [2.24, 2.45) is 0 Å². The second kappa shape index (κ2) is 8.31. The van der Waals surface area contributed by atoms with Crippen LogP contribution in [0.15, 0.2) is 0 Å². The molecule has 9 nitrogen and oxygen atoms in total. The van der Waals surface area contributed by atoms with Gasteiger partial charge in [0, 0.05) is 20.6 Å². The molecule has 0 bridgehead atoms. The van der Waals surface area contributed by atoms with Crippen molar-refractivity contribution < 1.29 is 5.11 Å². The lowest BCUT2D eigenvalue weighted by Crippen LogP contribution is -2.36. The minimum atomic E-state index is -0.373. The van der Waals surface area contributed by atoms with Gasteiger partial charge in [-0.3, -0.25) is 0 Å². The summed E-state index contributed by atoms with van der Waals surface area (Å²) in [7, 11) is 3.62. The molecule has 1 saturated carbocycles. The number of aliphatic hydroxyl groups excluding tert-OH is 1. The first kappa shape index (κ1) is 18.4. The molecule has 3 rings (SSSR count). The summed E-state index contributed by atoms with van der Waals surface area (Å²) in [4.78, 5) is 18.2. The van der Waals surface area contributed by atoms with Gasteiger partial charge in [0.25, 0.3) is 0 Å². The highest BCUT2D eigenvalue weighted by atomic mass is 16.3. The van der Waals surface area contributed by atoms with E-state index in [-0.39, 0.29) is 12.1 Å². The van der Waals surface area contributed by atoms with E-state index in [4.69, 9.17) is 0 Å². The molecule has 5 N–H and O–H groups in total. The molecule has 142 valence electrons. The monoisotopic (exact) mass is 360 g/mol. The zero-order valence-electron chi connectivity index (χ0n) is 15.6. The Labute approximate surface area is 153 Å². The number of anilines is 4. The minimum Gasteiger partial charge on any atom is -0.391 e. The van der Waals surface area contributed by atoms with Crippen molar-refractivity contribution in [1.29, 1.82) is 0 Å². The van der Waals surface area contributed by atoms with Crippen molar-refractivity contribution in [1.82, 2.24) is 19.9 Å². The van der Waals surface area contributed by atoms with Crippen LogP contribution in [0.2, 0.25) is 0 Å². The Bertz CT molecular complexity index is 753. The highest BCUT2D eigenvalue weighted by Crippen LogP contribution is 2.28. The van der Waals surface area contributed by atoms with Gasteiger partial charge in [-0.05, 0) is 19.3 Å². The number of rotatable bonds is 7. The third kappa shape index (κ3) is 3.87. The maximum Gasteiger partial charge on any atom is 0.225 e. The van der Waals surface area contributed by atoms with Gasteiger partial charge in [-0.1, -0.05) is 19.8 Å². The Morgan fingerprint density at radius 3 is 2.15 bits per heavy atom. The van der Waals surface area contributed by atoms with E-state index in [9.17, 15) is 5.11 Å². The van der Waals surface area contributed by atoms with Crippen molar-refractivity contribution >= 4 is 34.6 Å². The van der Waals surface area contributed by atoms with E-state index >= 15 is 0 Å². The summed E-state index contributed by atoms with van der Waals surface area (Å²) in [6.45, 7) is 2.89. The van der Waals surface area contributed by atoms with Crippen molar-refractivity contribution in [3.05, 3.63) is 0 Å². The molecule has 2 aromatic heterocycles. The first-order chi connectivity index (χ1) is 12.7. The van der Waals surface area contributed by atoms with Gasteiger partial charge < -0.3 is 26.4 Å². The van der Waals surface area contributed by atoms with Crippen molar-refractivity contribution in [3.8, 4) is 0 Å². The van der Waals surface area contributed by atoms with Crippen LogP contribution in [-0.4, -0.2) is 57.8 Å². The predicted octanol–water partition coefficient (Wildman–Crippen LogP) is 2.04. The summed E-state index contributed by atoms with van der Waals surface area (Å²) >= 11 is 0. The van der Waals surface area contributed by atoms with Gasteiger partial charge in [-0.25, -0.2) is 9.97 Å². The molecule has 2 heterocycles. The van der Waals surface area contributed by atoms with Crippen LogP contribution in [0.3, 0.4) is 0 Å². The number of aliphatic hydroxyl groups is 1. The SMILES string of the molecule is CCCNc1nc(NC)c2nc(N[C@H]3CCCC[C@H]3O)nc(NC)c2n1. The number of nitrogens with zero attached hydrogens (tertiary/aromatic N) is 4. The average Bonchev–Trinajstić information content (AvgIpc) is 2.67. The molecule has 0 saturated heterocycles. The Hall–Kier alpha value is -2.42. The smallest absolute Gasteiger partial charge is 0.225 e. The van der Waals surface area contributed by atoms with E-state index in [0.717, 1.165) is 38.6 Å². The summed E-state index contributed by atoms with van der Waals surface area (Å²) in [6, 6.07) is -0.0321. The summed E-state index contributed by atoms with van der Waals surface area (Å²) < 4.78 is 0. The van der Waals surface area contributed by atoms with Crippen LogP contribution in [0, 0.1) is 0 Å². The van der Waals surface area contributed by atoms with Crippen LogP contribution < -0.4 is 21.3 Å². The van der Waals surface area contributed by atoms with E-state index < -0.39 is 0 Å². The normalized spacial score (nSPS) is 20.0. The van der Waals surface area contributed by atoms with Crippen LogP contribution in [0.4, 0.5) is 23.5 Å². The third-order valence-electron chi connectivity index (χ3n) is 4.59. The molecule has 0 aliphatic heterocycles. The van der Waals surface area contributed by atoms with E-state index in [1.54, 1.807) is 7.05 Å². The van der Waals surface area contributed by atoms with Gasteiger partial charge in [0.15, 0.2) is 11.6 Å². The molecule has 2 aromatic rings. The van der Waals surface area contributed by atoms with Crippen LogP contribution in [0.1, 0.15) is 39.0 Å². The van der Waals surface area contributed by atoms with Crippen molar-refractivity contribution in [2.45, 2.75) is 51.2 Å². The van der Waals surface area contributed by atoms with Crippen molar-refractivity contribution in [2.75, 3.05) is 41.9 Å². The zero-order chi connectivity index (χ0) is 18.5. The van der Waals surface area contributed by atoms with Gasteiger partial charge in [-0.2, -0.15) is 9.97 Å². The molecule has 0 spiro atoms. The number of nitrogens with one attached hydrogen (secondary N) is 4. The topological polar surface area (TPSA) is 120 Å². The van der Waals surface area contributed by atoms with E-state index in [2.05, 4.69) is 48.1 Å². The number of aromatic nitrogens is 4. The summed E-state index contributed by atoms with van der Waals surface area (Å²) in [5.41, 5.74) is 1.29. The van der Waals surface area contributed by atoms with Gasteiger partial charge in [0.2, 0.25) is 11.9 Å². The lowest BCUT2D eigenvalue weighted by atomic mass is 9.93. The van der Waals surface area contributed by atoms with Gasteiger partial charge in [-0.15, -0.1) is 0 Å². The highest BCUT2D eigenvalue weighted by Gasteiger charge is 2.24. The molecule has 0 aromatic carbocycles. The Morgan fingerprint density at radius 1 is 0.923 bits per heavy atom.